The van der Waals surface area contributed by atoms with Gasteiger partial charge in [0.1, 0.15) is 5.69 Å². The van der Waals surface area contributed by atoms with Crippen LogP contribution in [0.1, 0.15) is 44.1 Å². The normalized spacial score (nSPS) is 32.6. The predicted molar refractivity (Wildman–Crippen MR) is 99.8 cm³/mol. The maximum Gasteiger partial charge on any atom is 0.293 e. The van der Waals surface area contributed by atoms with Crippen molar-refractivity contribution in [2.24, 2.45) is 17.8 Å². The number of nitrogens with one attached hydrogen (secondary N) is 1. The molecule has 0 heterocycles. The quantitative estimate of drug-likeness (QED) is 0.618. The molecule has 0 spiro atoms. The van der Waals surface area contributed by atoms with E-state index in [1.165, 1.54) is 44.6 Å². The molecule has 0 atom stereocenters. The second-order valence-electron chi connectivity index (χ2n) is 8.16. The fourth-order valence-corrected chi connectivity index (χ4v) is 7.14. The van der Waals surface area contributed by atoms with Crippen LogP contribution in [0.2, 0.25) is 0 Å². The zero-order valence-electron chi connectivity index (χ0n) is 14.5. The molecule has 25 heavy (non-hydrogen) atoms. The van der Waals surface area contributed by atoms with Gasteiger partial charge in [0.2, 0.25) is 5.91 Å². The molecular weight excluding hydrogens is 336 g/mol. The Labute approximate surface area is 152 Å². The van der Waals surface area contributed by atoms with Crippen LogP contribution in [0.3, 0.4) is 0 Å². The predicted octanol–water partition coefficient (Wildman–Crippen LogP) is 4.54. The molecular formula is C19H24N2O3S. The van der Waals surface area contributed by atoms with Crippen LogP contribution in [-0.2, 0) is 4.79 Å². The number of nitro benzene ring substituents is 1. The second kappa shape index (κ2) is 6.31. The van der Waals surface area contributed by atoms with Gasteiger partial charge in [0, 0.05) is 10.8 Å². The fraction of sp³-hybridized carbons (Fsp3) is 0.632. The highest BCUT2D eigenvalue weighted by molar-refractivity contribution is 8.01. The van der Waals surface area contributed by atoms with E-state index in [1.54, 1.807) is 30.8 Å². The van der Waals surface area contributed by atoms with Gasteiger partial charge in [-0.05, 0) is 68.8 Å². The van der Waals surface area contributed by atoms with Crippen molar-refractivity contribution in [2.75, 3.05) is 11.1 Å². The van der Waals surface area contributed by atoms with Crippen LogP contribution in [0.25, 0.3) is 0 Å². The minimum atomic E-state index is -0.436. The first-order valence-electron chi connectivity index (χ1n) is 9.12. The van der Waals surface area contributed by atoms with Crippen LogP contribution in [0, 0.1) is 34.8 Å². The van der Waals surface area contributed by atoms with Gasteiger partial charge in [0.25, 0.3) is 5.69 Å². The lowest BCUT2D eigenvalue weighted by Crippen LogP contribution is -2.49. The number of nitrogens with zero attached hydrogens (tertiary/aromatic N) is 1. The summed E-state index contributed by atoms with van der Waals surface area (Å²) in [6.07, 6.45) is 7.93. The minimum absolute atomic E-state index is 0.0341. The van der Waals surface area contributed by atoms with E-state index in [9.17, 15) is 14.9 Å². The molecule has 0 radical (unpaired) electrons. The molecule has 4 fully saturated rings. The number of benzene rings is 1. The number of hydrogen-bond acceptors (Lipinski definition) is 4. The number of hydrogen-bond donors (Lipinski definition) is 1. The van der Waals surface area contributed by atoms with Crippen molar-refractivity contribution in [3.05, 3.63) is 33.9 Å². The summed E-state index contributed by atoms with van der Waals surface area (Å²) >= 11 is 1.80. The molecule has 4 aliphatic carbocycles. The molecule has 6 heteroatoms. The molecule has 4 aliphatic rings. The molecule has 134 valence electrons. The van der Waals surface area contributed by atoms with Crippen molar-refractivity contribution in [1.29, 1.82) is 0 Å². The number of thioether (sulfide) groups is 1. The van der Waals surface area contributed by atoms with E-state index in [-0.39, 0.29) is 16.3 Å². The molecule has 0 unspecified atom stereocenters. The van der Waals surface area contributed by atoms with Crippen molar-refractivity contribution < 1.29 is 9.72 Å². The summed E-state index contributed by atoms with van der Waals surface area (Å²) in [5.74, 6) is 2.84. The lowest BCUT2D eigenvalue weighted by molar-refractivity contribution is -0.384. The van der Waals surface area contributed by atoms with Gasteiger partial charge in [-0.15, -0.1) is 11.8 Å². The summed E-state index contributed by atoms with van der Waals surface area (Å²) in [6.45, 7) is 1.79. The van der Waals surface area contributed by atoms with Crippen LogP contribution in [-0.4, -0.2) is 21.3 Å². The number of para-hydroxylation sites is 1. The molecule has 0 aliphatic heterocycles. The van der Waals surface area contributed by atoms with Crippen molar-refractivity contribution in [3.63, 3.8) is 0 Å². The standard InChI is InChI=1S/C19H24N2O3S/c1-12-3-2-4-16(21(23)24)18(12)20-17(22)11-25-19-8-13-5-14(9-19)7-15(6-13)10-19/h2-4,13-15H,5-11H2,1H3,(H,20,22). The number of nitro groups is 1. The molecule has 1 amide bonds. The van der Waals surface area contributed by atoms with Gasteiger partial charge >= 0.3 is 0 Å². The highest BCUT2D eigenvalue weighted by atomic mass is 32.2. The summed E-state index contributed by atoms with van der Waals surface area (Å²) in [5, 5.41) is 14.0. The van der Waals surface area contributed by atoms with Crippen molar-refractivity contribution in [1.82, 2.24) is 0 Å². The molecule has 4 saturated carbocycles. The number of amides is 1. The van der Waals surface area contributed by atoms with Crippen molar-refractivity contribution in [3.8, 4) is 0 Å². The van der Waals surface area contributed by atoms with E-state index < -0.39 is 4.92 Å². The maximum absolute atomic E-state index is 12.5. The Morgan fingerprint density at radius 2 is 1.84 bits per heavy atom. The molecule has 1 aromatic rings. The SMILES string of the molecule is Cc1cccc([N+](=O)[O-])c1NC(=O)CSC12CC3CC(CC(C3)C1)C2. The van der Waals surface area contributed by atoms with E-state index in [2.05, 4.69) is 5.32 Å². The number of anilines is 1. The van der Waals surface area contributed by atoms with Gasteiger partial charge in [-0.1, -0.05) is 12.1 Å². The Balaban J connectivity index is 1.41. The molecule has 0 saturated heterocycles. The van der Waals surface area contributed by atoms with Crippen LogP contribution in [0.5, 0.6) is 0 Å². The van der Waals surface area contributed by atoms with Gasteiger partial charge < -0.3 is 5.32 Å². The zero-order chi connectivity index (χ0) is 17.6. The van der Waals surface area contributed by atoms with E-state index in [4.69, 9.17) is 0 Å². The first-order chi connectivity index (χ1) is 11.9. The van der Waals surface area contributed by atoms with E-state index in [1.807, 2.05) is 0 Å². The molecule has 5 rings (SSSR count). The number of aryl methyl sites for hydroxylation is 1. The van der Waals surface area contributed by atoms with Gasteiger partial charge in [-0.25, -0.2) is 0 Å². The Bertz CT molecular complexity index is 683. The summed E-state index contributed by atoms with van der Waals surface area (Å²) in [4.78, 5) is 23.2. The van der Waals surface area contributed by atoms with Crippen LogP contribution >= 0.6 is 11.8 Å². The summed E-state index contributed by atoms with van der Waals surface area (Å²) in [6, 6.07) is 4.87. The zero-order valence-corrected chi connectivity index (χ0v) is 15.3. The average molecular weight is 360 g/mol. The van der Waals surface area contributed by atoms with Gasteiger partial charge in [-0.3, -0.25) is 14.9 Å². The van der Waals surface area contributed by atoms with Crippen LogP contribution in [0.4, 0.5) is 11.4 Å². The number of rotatable bonds is 5. The van der Waals surface area contributed by atoms with Crippen molar-refractivity contribution >= 4 is 29.0 Å². The first kappa shape index (κ1) is 16.9. The van der Waals surface area contributed by atoms with E-state index >= 15 is 0 Å². The smallest absolute Gasteiger partial charge is 0.293 e. The molecule has 5 nitrogen and oxygen atoms in total. The Morgan fingerprint density at radius 3 is 2.40 bits per heavy atom. The molecule has 1 aromatic carbocycles. The lowest BCUT2D eigenvalue weighted by atomic mass is 9.56. The molecule has 0 aromatic heterocycles. The summed E-state index contributed by atoms with van der Waals surface area (Å²) in [5.41, 5.74) is 1.03. The average Bonchev–Trinajstić information content (AvgIpc) is 2.53. The Kier molecular flexibility index (Phi) is 4.26. The number of carbonyl (C=O) groups is 1. The minimum Gasteiger partial charge on any atom is -0.319 e. The maximum atomic E-state index is 12.5. The summed E-state index contributed by atoms with van der Waals surface area (Å²) < 4.78 is 0.282. The highest BCUT2D eigenvalue weighted by Gasteiger charge is 2.51. The number of carbonyl (C=O) groups excluding carboxylic acids is 1. The van der Waals surface area contributed by atoms with Crippen LogP contribution < -0.4 is 5.32 Å². The fourth-order valence-electron chi connectivity index (χ4n) is 5.57. The largest absolute Gasteiger partial charge is 0.319 e. The third-order valence-electron chi connectivity index (χ3n) is 6.20. The first-order valence-corrected chi connectivity index (χ1v) is 10.1. The molecule has 4 bridgehead atoms. The second-order valence-corrected chi connectivity index (χ2v) is 9.61. The third-order valence-corrected chi connectivity index (χ3v) is 7.72. The monoisotopic (exact) mass is 360 g/mol. The summed E-state index contributed by atoms with van der Waals surface area (Å²) in [7, 11) is 0. The van der Waals surface area contributed by atoms with E-state index in [0.717, 1.165) is 23.3 Å². The van der Waals surface area contributed by atoms with Crippen LogP contribution in [0.15, 0.2) is 18.2 Å². The molecule has 1 N–H and O–H groups in total. The van der Waals surface area contributed by atoms with Crippen molar-refractivity contribution in [2.45, 2.75) is 50.2 Å². The lowest BCUT2D eigenvalue weighted by Gasteiger charge is -2.56. The topological polar surface area (TPSA) is 72.2 Å². The van der Waals surface area contributed by atoms with Gasteiger partial charge in [0.05, 0.1) is 10.7 Å². The van der Waals surface area contributed by atoms with Gasteiger partial charge in [-0.2, -0.15) is 0 Å². The van der Waals surface area contributed by atoms with E-state index in [0.29, 0.717) is 11.4 Å². The Hall–Kier alpha value is -1.56. The Morgan fingerprint density at radius 1 is 1.24 bits per heavy atom. The van der Waals surface area contributed by atoms with Gasteiger partial charge in [0.15, 0.2) is 0 Å². The third kappa shape index (κ3) is 3.28. The highest BCUT2D eigenvalue weighted by Crippen LogP contribution is 2.60.